The van der Waals surface area contributed by atoms with Gasteiger partial charge in [0.25, 0.3) is 5.91 Å². The van der Waals surface area contributed by atoms with Crippen molar-refractivity contribution in [1.82, 2.24) is 0 Å². The molecule has 2 rings (SSSR count). The van der Waals surface area contributed by atoms with Crippen molar-refractivity contribution >= 4 is 16.9 Å². The van der Waals surface area contributed by atoms with Gasteiger partial charge in [0.15, 0.2) is 22.5 Å². The van der Waals surface area contributed by atoms with Crippen LogP contribution in [0.5, 0.6) is 5.75 Å². The molecule has 0 bridgehead atoms. The molecule has 1 aromatic carbocycles. The van der Waals surface area contributed by atoms with Gasteiger partial charge in [-0.3, -0.25) is 9.59 Å². The van der Waals surface area contributed by atoms with Gasteiger partial charge in [-0.1, -0.05) is 13.0 Å². The minimum absolute atomic E-state index is 0.167. The second-order valence-electron chi connectivity index (χ2n) is 3.82. The fourth-order valence-corrected chi connectivity index (χ4v) is 1.60. The Bertz CT molecular complexity index is 645. The Labute approximate surface area is 103 Å². The summed E-state index contributed by atoms with van der Waals surface area (Å²) in [5.74, 6) is -0.506. The zero-order valence-corrected chi connectivity index (χ0v) is 9.93. The Hall–Kier alpha value is -2.30. The Kier molecular flexibility index (Phi) is 3.32. The van der Waals surface area contributed by atoms with Gasteiger partial charge in [-0.2, -0.15) is 0 Å². The number of para-hydroxylation sites is 1. The van der Waals surface area contributed by atoms with Crippen LogP contribution in [0.15, 0.2) is 33.5 Å². The number of benzene rings is 1. The molecular formula is C13H13NO4. The van der Waals surface area contributed by atoms with E-state index in [2.05, 4.69) is 0 Å². The number of nitrogens with two attached hydrogens (primary N) is 1. The van der Waals surface area contributed by atoms with Crippen molar-refractivity contribution in [3.8, 4) is 5.75 Å². The molecule has 94 valence electrons. The molecule has 1 heterocycles. The van der Waals surface area contributed by atoms with Gasteiger partial charge < -0.3 is 14.9 Å². The van der Waals surface area contributed by atoms with Gasteiger partial charge in [-0.15, -0.1) is 0 Å². The molecule has 1 amide bonds. The van der Waals surface area contributed by atoms with E-state index in [1.54, 1.807) is 18.2 Å². The minimum atomic E-state index is -0.778. The minimum Gasteiger partial charge on any atom is -0.490 e. The largest absolute Gasteiger partial charge is 0.490 e. The molecule has 1 aromatic heterocycles. The fourth-order valence-electron chi connectivity index (χ4n) is 1.60. The molecule has 0 unspecified atom stereocenters. The van der Waals surface area contributed by atoms with Crippen LogP contribution in [0, 0.1) is 0 Å². The van der Waals surface area contributed by atoms with Crippen molar-refractivity contribution in [3.05, 3.63) is 40.2 Å². The molecule has 0 aliphatic carbocycles. The summed E-state index contributed by atoms with van der Waals surface area (Å²) >= 11 is 0. The van der Waals surface area contributed by atoms with Gasteiger partial charge in [-0.05, 0) is 18.6 Å². The summed E-state index contributed by atoms with van der Waals surface area (Å²) in [5.41, 5.74) is 5.06. The molecular weight excluding hydrogens is 234 g/mol. The number of fused-ring (bicyclic) bond motifs is 1. The second-order valence-corrected chi connectivity index (χ2v) is 3.82. The Balaban J connectivity index is 2.66. The van der Waals surface area contributed by atoms with E-state index in [9.17, 15) is 9.59 Å². The van der Waals surface area contributed by atoms with E-state index in [0.29, 0.717) is 17.7 Å². The number of carbonyl (C=O) groups is 1. The summed E-state index contributed by atoms with van der Waals surface area (Å²) in [6.07, 6.45) is 0.829. The van der Waals surface area contributed by atoms with Crippen molar-refractivity contribution in [1.29, 1.82) is 0 Å². The lowest BCUT2D eigenvalue weighted by atomic mass is 10.2. The maximum atomic E-state index is 11.8. The number of hydrogen-bond donors (Lipinski definition) is 1. The standard InChI is InChI=1S/C13H13NO4/c1-2-6-17-10-5-3-4-8-9(15)7-11(13(14)16)18-12(8)10/h3-5,7H,2,6H2,1H3,(H2,14,16). The molecule has 0 aliphatic rings. The SMILES string of the molecule is CCCOc1cccc2c(=O)cc(C(N)=O)oc12. The number of amides is 1. The Morgan fingerprint density at radius 2 is 2.22 bits per heavy atom. The zero-order valence-electron chi connectivity index (χ0n) is 9.93. The first-order chi connectivity index (χ1) is 8.63. The van der Waals surface area contributed by atoms with Crippen LogP contribution in [0.4, 0.5) is 0 Å². The van der Waals surface area contributed by atoms with E-state index in [1.807, 2.05) is 6.92 Å². The topological polar surface area (TPSA) is 82.5 Å². The highest BCUT2D eigenvalue weighted by Crippen LogP contribution is 2.24. The molecule has 0 radical (unpaired) electrons. The van der Waals surface area contributed by atoms with E-state index in [0.717, 1.165) is 12.5 Å². The van der Waals surface area contributed by atoms with Crippen LogP contribution >= 0.6 is 0 Å². The molecule has 18 heavy (non-hydrogen) atoms. The van der Waals surface area contributed by atoms with Gasteiger partial charge in [0.1, 0.15) is 0 Å². The summed E-state index contributed by atoms with van der Waals surface area (Å²) in [6.45, 7) is 2.47. The van der Waals surface area contributed by atoms with Crippen molar-refractivity contribution in [3.63, 3.8) is 0 Å². The lowest BCUT2D eigenvalue weighted by Crippen LogP contribution is -2.14. The number of ether oxygens (including phenoxy) is 1. The molecule has 5 nitrogen and oxygen atoms in total. The van der Waals surface area contributed by atoms with E-state index in [4.69, 9.17) is 14.9 Å². The Morgan fingerprint density at radius 1 is 1.44 bits per heavy atom. The average Bonchev–Trinajstić information content (AvgIpc) is 2.36. The monoisotopic (exact) mass is 247 g/mol. The van der Waals surface area contributed by atoms with Crippen LogP contribution in [-0.4, -0.2) is 12.5 Å². The molecule has 0 fully saturated rings. The summed E-state index contributed by atoms with van der Waals surface area (Å²) in [7, 11) is 0. The van der Waals surface area contributed by atoms with Crippen molar-refractivity contribution in [2.75, 3.05) is 6.61 Å². The average molecular weight is 247 g/mol. The van der Waals surface area contributed by atoms with Crippen LogP contribution in [0.1, 0.15) is 23.9 Å². The summed E-state index contributed by atoms with van der Waals surface area (Å²) < 4.78 is 10.8. The van der Waals surface area contributed by atoms with Gasteiger partial charge in [0, 0.05) is 6.07 Å². The number of primary amides is 1. The highest BCUT2D eigenvalue weighted by molar-refractivity contribution is 5.92. The maximum absolute atomic E-state index is 11.8. The molecule has 0 saturated carbocycles. The third-order valence-corrected chi connectivity index (χ3v) is 2.42. The predicted octanol–water partition coefficient (Wildman–Crippen LogP) is 1.68. The van der Waals surface area contributed by atoms with E-state index >= 15 is 0 Å². The first-order valence-corrected chi connectivity index (χ1v) is 5.63. The van der Waals surface area contributed by atoms with Crippen LogP contribution in [0.3, 0.4) is 0 Å². The van der Waals surface area contributed by atoms with E-state index in [-0.39, 0.29) is 16.8 Å². The van der Waals surface area contributed by atoms with Crippen molar-refractivity contribution in [2.45, 2.75) is 13.3 Å². The number of hydrogen-bond acceptors (Lipinski definition) is 4. The normalized spacial score (nSPS) is 10.5. The predicted molar refractivity (Wildman–Crippen MR) is 66.8 cm³/mol. The Morgan fingerprint density at radius 3 is 2.89 bits per heavy atom. The van der Waals surface area contributed by atoms with Crippen LogP contribution in [0.25, 0.3) is 11.0 Å². The summed E-state index contributed by atoms with van der Waals surface area (Å²) in [4.78, 5) is 22.9. The van der Waals surface area contributed by atoms with Crippen LogP contribution in [0.2, 0.25) is 0 Å². The maximum Gasteiger partial charge on any atom is 0.284 e. The lowest BCUT2D eigenvalue weighted by molar-refractivity contribution is 0.0974. The van der Waals surface area contributed by atoms with Crippen molar-refractivity contribution < 1.29 is 13.9 Å². The molecule has 2 aromatic rings. The van der Waals surface area contributed by atoms with Crippen molar-refractivity contribution in [2.24, 2.45) is 5.73 Å². The second kappa shape index (κ2) is 4.91. The molecule has 0 spiro atoms. The van der Waals surface area contributed by atoms with Gasteiger partial charge in [0.05, 0.1) is 12.0 Å². The molecule has 0 saturated heterocycles. The number of carbonyl (C=O) groups excluding carboxylic acids is 1. The highest BCUT2D eigenvalue weighted by atomic mass is 16.5. The zero-order chi connectivity index (χ0) is 13.1. The first kappa shape index (κ1) is 12.2. The van der Waals surface area contributed by atoms with E-state index < -0.39 is 5.91 Å². The molecule has 5 heteroatoms. The summed E-state index contributed by atoms with van der Waals surface area (Å²) in [5, 5.41) is 0.369. The van der Waals surface area contributed by atoms with Gasteiger partial charge in [0.2, 0.25) is 0 Å². The van der Waals surface area contributed by atoms with Gasteiger partial charge >= 0.3 is 0 Å². The molecule has 0 aliphatic heterocycles. The first-order valence-electron chi connectivity index (χ1n) is 5.63. The highest BCUT2D eigenvalue weighted by Gasteiger charge is 2.12. The smallest absolute Gasteiger partial charge is 0.284 e. The third-order valence-electron chi connectivity index (χ3n) is 2.42. The van der Waals surface area contributed by atoms with Crippen LogP contribution in [-0.2, 0) is 0 Å². The quantitative estimate of drug-likeness (QED) is 0.891. The molecule has 2 N–H and O–H groups in total. The van der Waals surface area contributed by atoms with Crippen LogP contribution < -0.4 is 15.9 Å². The third kappa shape index (κ3) is 2.20. The van der Waals surface area contributed by atoms with E-state index in [1.165, 1.54) is 0 Å². The van der Waals surface area contributed by atoms with Gasteiger partial charge in [-0.25, -0.2) is 0 Å². The lowest BCUT2D eigenvalue weighted by Gasteiger charge is -2.07. The summed E-state index contributed by atoms with van der Waals surface area (Å²) in [6, 6.07) is 6.10. The fraction of sp³-hybridized carbons (Fsp3) is 0.231. The number of rotatable bonds is 4. The molecule has 0 atom stereocenters.